The van der Waals surface area contributed by atoms with Gasteiger partial charge in [0.05, 0.1) is 18.7 Å². The highest BCUT2D eigenvalue weighted by Crippen LogP contribution is 2.43. The Labute approximate surface area is 193 Å². The third kappa shape index (κ3) is 3.78. The van der Waals surface area contributed by atoms with Crippen molar-refractivity contribution in [3.63, 3.8) is 0 Å². The van der Waals surface area contributed by atoms with Crippen LogP contribution in [0.1, 0.15) is 39.4 Å². The Bertz CT molecular complexity index is 1290. The minimum absolute atomic E-state index is 0.0423. The van der Waals surface area contributed by atoms with Crippen molar-refractivity contribution >= 4 is 23.1 Å². The van der Waals surface area contributed by atoms with Gasteiger partial charge in [-0.2, -0.15) is 0 Å². The van der Waals surface area contributed by atoms with E-state index in [-0.39, 0.29) is 11.3 Å². The lowest BCUT2D eigenvalue weighted by Gasteiger charge is -2.27. The molecule has 1 N–H and O–H groups in total. The minimum Gasteiger partial charge on any atom is -0.507 e. The third-order valence-corrected chi connectivity index (χ3v) is 6.05. The second kappa shape index (κ2) is 8.54. The van der Waals surface area contributed by atoms with E-state index in [2.05, 4.69) is 4.98 Å². The lowest BCUT2D eigenvalue weighted by molar-refractivity contribution is -0.132. The molecule has 0 aliphatic carbocycles. The van der Waals surface area contributed by atoms with Crippen LogP contribution in [0.25, 0.3) is 5.76 Å². The number of amides is 1. The second-order valence-electron chi connectivity index (χ2n) is 8.38. The van der Waals surface area contributed by atoms with Crippen LogP contribution in [0.4, 0.5) is 5.69 Å². The van der Waals surface area contributed by atoms with Crippen molar-refractivity contribution in [1.82, 2.24) is 4.98 Å². The molecule has 1 fully saturated rings. The molecule has 2 aromatic carbocycles. The molecule has 1 amide bonds. The van der Waals surface area contributed by atoms with Crippen LogP contribution in [0.2, 0.25) is 0 Å². The summed E-state index contributed by atoms with van der Waals surface area (Å²) in [4.78, 5) is 32.3. The number of rotatable bonds is 4. The van der Waals surface area contributed by atoms with E-state index in [1.807, 2.05) is 52.0 Å². The number of nitrogens with zero attached hydrogens (tertiary/aromatic N) is 2. The Morgan fingerprint density at radius 1 is 1.00 bits per heavy atom. The largest absolute Gasteiger partial charge is 0.507 e. The Kier molecular flexibility index (Phi) is 5.77. The first-order valence-electron chi connectivity index (χ1n) is 10.7. The van der Waals surface area contributed by atoms with Crippen LogP contribution in [0, 0.1) is 27.7 Å². The number of aliphatic hydroxyl groups is 1. The van der Waals surface area contributed by atoms with Crippen LogP contribution in [0.5, 0.6) is 5.75 Å². The van der Waals surface area contributed by atoms with Gasteiger partial charge in [-0.1, -0.05) is 23.8 Å². The molecule has 1 aliphatic heterocycles. The number of hydrogen-bond donors (Lipinski definition) is 1. The van der Waals surface area contributed by atoms with Crippen molar-refractivity contribution in [2.45, 2.75) is 33.7 Å². The number of ether oxygens (including phenoxy) is 1. The molecule has 4 rings (SSSR count). The molecule has 0 saturated carbocycles. The van der Waals surface area contributed by atoms with E-state index < -0.39 is 17.7 Å². The predicted octanol–water partition coefficient (Wildman–Crippen LogP) is 4.95. The topological polar surface area (TPSA) is 79.7 Å². The van der Waals surface area contributed by atoms with Gasteiger partial charge < -0.3 is 9.84 Å². The molecule has 0 spiro atoms. The summed E-state index contributed by atoms with van der Waals surface area (Å²) in [5, 5.41) is 11.4. The number of anilines is 1. The van der Waals surface area contributed by atoms with Crippen LogP contribution >= 0.6 is 0 Å². The van der Waals surface area contributed by atoms with Crippen molar-refractivity contribution in [2.75, 3.05) is 12.0 Å². The van der Waals surface area contributed by atoms with E-state index in [1.165, 1.54) is 4.90 Å². The summed E-state index contributed by atoms with van der Waals surface area (Å²) in [5.74, 6) is -0.934. The van der Waals surface area contributed by atoms with Crippen molar-refractivity contribution < 1.29 is 19.4 Å². The van der Waals surface area contributed by atoms with E-state index in [0.29, 0.717) is 22.6 Å². The number of hydrogen-bond acceptors (Lipinski definition) is 5. The van der Waals surface area contributed by atoms with Gasteiger partial charge in [0.15, 0.2) is 0 Å². The number of aryl methyl sites for hydroxylation is 4. The normalized spacial score (nSPS) is 17.5. The average molecular weight is 443 g/mol. The molecule has 1 atom stereocenters. The van der Waals surface area contributed by atoms with Gasteiger partial charge in [0.1, 0.15) is 11.5 Å². The number of benzene rings is 2. The average Bonchev–Trinajstić information content (AvgIpc) is 3.06. The van der Waals surface area contributed by atoms with Crippen molar-refractivity contribution in [2.24, 2.45) is 0 Å². The quantitative estimate of drug-likeness (QED) is 0.351. The zero-order valence-corrected chi connectivity index (χ0v) is 19.3. The molecule has 6 heteroatoms. The first-order chi connectivity index (χ1) is 15.7. The highest BCUT2D eigenvalue weighted by atomic mass is 16.5. The Balaban J connectivity index is 1.98. The number of aliphatic hydroxyl groups excluding tert-OH is 1. The number of aromatic nitrogens is 1. The number of pyridine rings is 1. The molecule has 1 aromatic heterocycles. The maximum absolute atomic E-state index is 13.3. The molecular formula is C27H26N2O4. The fraction of sp³-hybridized carbons (Fsp3) is 0.222. The molecular weight excluding hydrogens is 416 g/mol. The van der Waals surface area contributed by atoms with Crippen LogP contribution in [-0.4, -0.2) is 28.9 Å². The summed E-state index contributed by atoms with van der Waals surface area (Å²) < 4.78 is 5.38. The standard InChI is InChI=1S/C27H26N2O4/c1-15-8-9-21(17(3)11-15)29-24(19-7-6-10-28-14-19)23(26(31)27(29)32)25(30)20-12-18(4)22(33-5)13-16(20)2/h6-14,24,30H,1-5H3/b25-23+. The summed E-state index contributed by atoms with van der Waals surface area (Å²) >= 11 is 0. The van der Waals surface area contributed by atoms with Gasteiger partial charge in [-0.3, -0.25) is 19.5 Å². The number of methoxy groups -OCH3 is 1. The zero-order valence-electron chi connectivity index (χ0n) is 19.3. The molecule has 0 radical (unpaired) electrons. The van der Waals surface area contributed by atoms with Gasteiger partial charge in [-0.15, -0.1) is 0 Å². The summed E-state index contributed by atoms with van der Waals surface area (Å²) in [6, 6.07) is 12.0. The molecule has 6 nitrogen and oxygen atoms in total. The Hall–Kier alpha value is -3.93. The maximum Gasteiger partial charge on any atom is 0.300 e. The monoisotopic (exact) mass is 442 g/mol. The summed E-state index contributed by atoms with van der Waals surface area (Å²) in [7, 11) is 1.58. The molecule has 2 heterocycles. The summed E-state index contributed by atoms with van der Waals surface area (Å²) in [5.41, 5.74) is 5.25. The Morgan fingerprint density at radius 2 is 1.76 bits per heavy atom. The van der Waals surface area contributed by atoms with Crippen LogP contribution in [0.3, 0.4) is 0 Å². The number of carbonyl (C=O) groups is 2. The molecule has 3 aromatic rings. The summed E-state index contributed by atoms with van der Waals surface area (Å²) in [6.07, 6.45) is 3.25. The fourth-order valence-corrected chi connectivity index (χ4v) is 4.42. The van der Waals surface area contributed by atoms with Crippen LogP contribution < -0.4 is 9.64 Å². The predicted molar refractivity (Wildman–Crippen MR) is 127 cm³/mol. The van der Waals surface area contributed by atoms with E-state index in [1.54, 1.807) is 37.7 Å². The van der Waals surface area contributed by atoms with Gasteiger partial charge in [0.2, 0.25) is 0 Å². The SMILES string of the molecule is COc1cc(C)c(/C(O)=C2\C(=O)C(=O)N(c3ccc(C)cc3C)C2c2cccnc2)cc1C. The van der Waals surface area contributed by atoms with E-state index in [9.17, 15) is 14.7 Å². The van der Waals surface area contributed by atoms with E-state index in [0.717, 1.165) is 22.3 Å². The summed E-state index contributed by atoms with van der Waals surface area (Å²) in [6.45, 7) is 7.56. The lowest BCUT2D eigenvalue weighted by atomic mass is 9.93. The fourth-order valence-electron chi connectivity index (χ4n) is 4.42. The molecule has 168 valence electrons. The molecule has 1 saturated heterocycles. The van der Waals surface area contributed by atoms with Crippen molar-refractivity contribution in [3.05, 3.63) is 93.8 Å². The lowest BCUT2D eigenvalue weighted by Crippen LogP contribution is -2.30. The molecule has 0 bridgehead atoms. The first kappa shape index (κ1) is 22.3. The van der Waals surface area contributed by atoms with Gasteiger partial charge >= 0.3 is 0 Å². The smallest absolute Gasteiger partial charge is 0.300 e. The third-order valence-electron chi connectivity index (χ3n) is 6.05. The Morgan fingerprint density at radius 3 is 2.39 bits per heavy atom. The molecule has 1 aliphatic rings. The van der Waals surface area contributed by atoms with Gasteiger partial charge in [-0.25, -0.2) is 0 Å². The van der Waals surface area contributed by atoms with Gasteiger partial charge in [-0.05, 0) is 74.2 Å². The molecule has 33 heavy (non-hydrogen) atoms. The van der Waals surface area contributed by atoms with E-state index in [4.69, 9.17) is 4.74 Å². The second-order valence-corrected chi connectivity index (χ2v) is 8.38. The van der Waals surface area contributed by atoms with Crippen LogP contribution in [-0.2, 0) is 9.59 Å². The van der Waals surface area contributed by atoms with E-state index >= 15 is 0 Å². The van der Waals surface area contributed by atoms with Crippen LogP contribution in [0.15, 0.2) is 60.4 Å². The minimum atomic E-state index is -0.804. The maximum atomic E-state index is 13.3. The first-order valence-corrected chi connectivity index (χ1v) is 10.7. The number of carbonyl (C=O) groups excluding carboxylic acids is 2. The zero-order chi connectivity index (χ0) is 23.9. The van der Waals surface area contributed by atoms with Gasteiger partial charge in [0, 0.05) is 23.6 Å². The highest BCUT2D eigenvalue weighted by molar-refractivity contribution is 6.51. The number of Topliss-reactive ketones (excluding diaryl/α,β-unsaturated/α-hetero) is 1. The van der Waals surface area contributed by atoms with Gasteiger partial charge in [0.25, 0.3) is 11.7 Å². The van der Waals surface area contributed by atoms with Crippen molar-refractivity contribution in [1.29, 1.82) is 0 Å². The molecule has 1 unspecified atom stereocenters. The highest BCUT2D eigenvalue weighted by Gasteiger charge is 2.47. The van der Waals surface area contributed by atoms with Crippen molar-refractivity contribution in [3.8, 4) is 5.75 Å². The number of ketones is 1.